The second-order valence-corrected chi connectivity index (χ2v) is 6.34. The third-order valence-corrected chi connectivity index (χ3v) is 4.64. The summed E-state index contributed by atoms with van der Waals surface area (Å²) in [6.45, 7) is 4.52. The first kappa shape index (κ1) is 14.6. The van der Waals surface area contributed by atoms with E-state index in [2.05, 4.69) is 50.5 Å². The maximum Gasteiger partial charge on any atom is 0.0346 e. The number of benzene rings is 1. The van der Waals surface area contributed by atoms with Gasteiger partial charge in [-0.1, -0.05) is 63.8 Å². The number of nitrogens with one attached hydrogen (secondary N) is 1. The molecule has 1 unspecified atom stereocenters. The van der Waals surface area contributed by atoms with Crippen molar-refractivity contribution in [3.8, 4) is 0 Å². The van der Waals surface area contributed by atoms with E-state index in [1.165, 1.54) is 49.7 Å². The summed E-state index contributed by atoms with van der Waals surface area (Å²) >= 11 is 0. The summed E-state index contributed by atoms with van der Waals surface area (Å²) in [7, 11) is 2.12. The van der Waals surface area contributed by atoms with Gasteiger partial charge in [0.05, 0.1) is 0 Å². The van der Waals surface area contributed by atoms with Gasteiger partial charge in [-0.25, -0.2) is 0 Å². The normalized spacial score (nSPS) is 19.4. The average molecular weight is 259 g/mol. The molecule has 0 aliphatic heterocycles. The van der Waals surface area contributed by atoms with Gasteiger partial charge >= 0.3 is 0 Å². The molecule has 1 aliphatic rings. The Labute approximate surface area is 118 Å². The van der Waals surface area contributed by atoms with Crippen LogP contribution < -0.4 is 5.32 Å². The Morgan fingerprint density at radius 1 is 0.895 bits per heavy atom. The zero-order chi connectivity index (χ0) is 13.7. The van der Waals surface area contributed by atoms with Crippen LogP contribution in [0.3, 0.4) is 0 Å². The molecule has 0 bridgehead atoms. The predicted molar refractivity (Wildman–Crippen MR) is 83.5 cm³/mol. The standard InChI is InChI=1S/C18H29N/c1-14(2)15-10-12-17(13-11-15)18(19-3)16-8-6-4-5-7-9-16/h10-14,16,18-19H,4-9H2,1-3H3. The topological polar surface area (TPSA) is 12.0 Å². The molecule has 1 N–H and O–H groups in total. The van der Waals surface area contributed by atoms with Crippen LogP contribution in [0.4, 0.5) is 0 Å². The molecule has 1 heteroatoms. The molecular weight excluding hydrogens is 230 g/mol. The highest BCUT2D eigenvalue weighted by Crippen LogP contribution is 2.33. The summed E-state index contributed by atoms with van der Waals surface area (Å²) in [4.78, 5) is 0. The lowest BCUT2D eigenvalue weighted by atomic mass is 9.86. The van der Waals surface area contributed by atoms with Crippen LogP contribution >= 0.6 is 0 Å². The molecular formula is C18H29N. The maximum atomic E-state index is 3.56. The van der Waals surface area contributed by atoms with Crippen molar-refractivity contribution in [2.24, 2.45) is 5.92 Å². The second-order valence-electron chi connectivity index (χ2n) is 6.34. The summed E-state index contributed by atoms with van der Waals surface area (Å²) in [5.74, 6) is 1.44. The summed E-state index contributed by atoms with van der Waals surface area (Å²) in [6.07, 6.45) is 8.45. The fraction of sp³-hybridized carbons (Fsp3) is 0.667. The van der Waals surface area contributed by atoms with Gasteiger partial charge in [0.15, 0.2) is 0 Å². The third kappa shape index (κ3) is 3.82. The molecule has 2 rings (SSSR count). The Morgan fingerprint density at radius 3 is 1.89 bits per heavy atom. The van der Waals surface area contributed by atoms with Crippen LogP contribution in [0.25, 0.3) is 0 Å². The lowest BCUT2D eigenvalue weighted by Crippen LogP contribution is -2.25. The van der Waals surface area contributed by atoms with Crippen molar-refractivity contribution in [1.29, 1.82) is 0 Å². The highest BCUT2D eigenvalue weighted by Gasteiger charge is 2.22. The highest BCUT2D eigenvalue weighted by atomic mass is 14.9. The minimum Gasteiger partial charge on any atom is -0.313 e. The van der Waals surface area contributed by atoms with Gasteiger partial charge in [-0.2, -0.15) is 0 Å². The fourth-order valence-electron chi connectivity index (χ4n) is 3.41. The van der Waals surface area contributed by atoms with E-state index >= 15 is 0 Å². The van der Waals surface area contributed by atoms with Crippen LogP contribution in [0.15, 0.2) is 24.3 Å². The van der Waals surface area contributed by atoms with Gasteiger partial charge in [-0.05, 0) is 42.9 Å². The van der Waals surface area contributed by atoms with Crippen molar-refractivity contribution in [1.82, 2.24) is 5.32 Å². The van der Waals surface area contributed by atoms with Crippen LogP contribution in [0.5, 0.6) is 0 Å². The van der Waals surface area contributed by atoms with Crippen molar-refractivity contribution in [3.05, 3.63) is 35.4 Å². The molecule has 0 aromatic heterocycles. The van der Waals surface area contributed by atoms with Crippen molar-refractivity contribution < 1.29 is 0 Å². The molecule has 0 heterocycles. The van der Waals surface area contributed by atoms with Crippen LogP contribution in [0.1, 0.15) is 75.5 Å². The molecule has 0 spiro atoms. The van der Waals surface area contributed by atoms with Crippen LogP contribution in [-0.4, -0.2) is 7.05 Å². The lowest BCUT2D eigenvalue weighted by molar-refractivity contribution is 0.341. The third-order valence-electron chi connectivity index (χ3n) is 4.64. The first-order valence-corrected chi connectivity index (χ1v) is 7.99. The van der Waals surface area contributed by atoms with Crippen LogP contribution in [0.2, 0.25) is 0 Å². The molecule has 1 nitrogen and oxygen atoms in total. The Kier molecular flexibility index (Phi) is 5.45. The summed E-state index contributed by atoms with van der Waals surface area (Å²) < 4.78 is 0. The van der Waals surface area contributed by atoms with E-state index in [0.29, 0.717) is 12.0 Å². The number of hydrogen-bond acceptors (Lipinski definition) is 1. The van der Waals surface area contributed by atoms with E-state index in [9.17, 15) is 0 Å². The van der Waals surface area contributed by atoms with E-state index in [1.807, 2.05) is 0 Å². The van der Waals surface area contributed by atoms with Crippen LogP contribution in [0, 0.1) is 5.92 Å². The van der Waals surface area contributed by atoms with Crippen molar-refractivity contribution in [2.75, 3.05) is 7.05 Å². The Hall–Kier alpha value is -0.820. The summed E-state index contributed by atoms with van der Waals surface area (Å²) in [5, 5.41) is 3.56. The van der Waals surface area contributed by atoms with Crippen LogP contribution in [-0.2, 0) is 0 Å². The first-order chi connectivity index (χ1) is 9.22. The average Bonchev–Trinajstić information content (AvgIpc) is 2.69. The summed E-state index contributed by atoms with van der Waals surface area (Å²) in [5.41, 5.74) is 2.92. The molecule has 0 amide bonds. The molecule has 1 saturated carbocycles. The molecule has 1 atom stereocenters. The SMILES string of the molecule is CNC(c1ccc(C(C)C)cc1)C1CCCCCC1. The maximum absolute atomic E-state index is 3.56. The van der Waals surface area contributed by atoms with Gasteiger partial charge in [0.2, 0.25) is 0 Å². The molecule has 1 aliphatic carbocycles. The second kappa shape index (κ2) is 7.09. The van der Waals surface area contributed by atoms with Crippen molar-refractivity contribution >= 4 is 0 Å². The Bertz CT molecular complexity index is 358. The molecule has 19 heavy (non-hydrogen) atoms. The largest absolute Gasteiger partial charge is 0.313 e. The Morgan fingerprint density at radius 2 is 1.42 bits per heavy atom. The zero-order valence-electron chi connectivity index (χ0n) is 12.8. The lowest BCUT2D eigenvalue weighted by Gasteiger charge is -2.26. The van der Waals surface area contributed by atoms with E-state index in [4.69, 9.17) is 0 Å². The Balaban J connectivity index is 2.11. The fourth-order valence-corrected chi connectivity index (χ4v) is 3.41. The van der Waals surface area contributed by atoms with E-state index in [-0.39, 0.29) is 0 Å². The number of rotatable bonds is 4. The molecule has 106 valence electrons. The monoisotopic (exact) mass is 259 g/mol. The highest BCUT2D eigenvalue weighted by molar-refractivity contribution is 5.27. The van der Waals surface area contributed by atoms with Gasteiger partial charge < -0.3 is 5.32 Å². The zero-order valence-corrected chi connectivity index (χ0v) is 12.8. The van der Waals surface area contributed by atoms with Gasteiger partial charge in [0, 0.05) is 6.04 Å². The first-order valence-electron chi connectivity index (χ1n) is 7.99. The van der Waals surface area contributed by atoms with Crippen molar-refractivity contribution in [3.63, 3.8) is 0 Å². The smallest absolute Gasteiger partial charge is 0.0346 e. The summed E-state index contributed by atoms with van der Waals surface area (Å²) in [6, 6.07) is 9.82. The van der Waals surface area contributed by atoms with Gasteiger partial charge in [0.1, 0.15) is 0 Å². The van der Waals surface area contributed by atoms with E-state index in [1.54, 1.807) is 0 Å². The molecule has 0 radical (unpaired) electrons. The minimum atomic E-state index is 0.541. The quantitative estimate of drug-likeness (QED) is 0.747. The molecule has 1 aromatic carbocycles. The van der Waals surface area contributed by atoms with Gasteiger partial charge in [0.25, 0.3) is 0 Å². The van der Waals surface area contributed by atoms with E-state index in [0.717, 1.165) is 5.92 Å². The molecule has 1 fully saturated rings. The molecule has 1 aromatic rings. The predicted octanol–water partition coefficient (Wildman–Crippen LogP) is 5.04. The minimum absolute atomic E-state index is 0.541. The molecule has 0 saturated heterocycles. The van der Waals surface area contributed by atoms with Gasteiger partial charge in [-0.15, -0.1) is 0 Å². The van der Waals surface area contributed by atoms with Crippen molar-refractivity contribution in [2.45, 2.75) is 64.3 Å². The van der Waals surface area contributed by atoms with Gasteiger partial charge in [-0.3, -0.25) is 0 Å². The van der Waals surface area contributed by atoms with E-state index < -0.39 is 0 Å². The number of hydrogen-bond donors (Lipinski definition) is 1.